The molecule has 2 nitrogen and oxygen atoms in total. The molecule has 0 unspecified atom stereocenters. The maximum atomic E-state index is 6.20. The average molecular weight is 480 g/mol. The summed E-state index contributed by atoms with van der Waals surface area (Å²) >= 11 is 31.0. The molecule has 0 N–H and O–H groups in total. The van der Waals surface area contributed by atoms with Crippen LogP contribution in [0.4, 0.5) is 0 Å². The molecule has 0 aromatic heterocycles. The number of ether oxygens (including phenoxy) is 2. The van der Waals surface area contributed by atoms with Crippen molar-refractivity contribution in [2.75, 3.05) is 0 Å². The summed E-state index contributed by atoms with van der Waals surface area (Å²) in [6, 6.07) is 3.21. The van der Waals surface area contributed by atoms with Gasteiger partial charge in [0.25, 0.3) is 0 Å². The number of fused-ring (bicyclic) bond motifs is 2. The number of halogens is 6. The Balaban J connectivity index is 2.24. The second-order valence-corrected chi connectivity index (χ2v) is 7.05. The largest absolute Gasteiger partial charge is 0.448 e. The fourth-order valence-electron chi connectivity index (χ4n) is 1.68. The van der Waals surface area contributed by atoms with Crippen molar-refractivity contribution in [1.82, 2.24) is 0 Å². The van der Waals surface area contributed by atoms with E-state index < -0.39 is 0 Å². The molecule has 2 aromatic rings. The Bertz CT molecular complexity index is 749. The maximum Gasteiger partial charge on any atom is 0.191 e. The van der Waals surface area contributed by atoms with E-state index in [2.05, 4.69) is 31.9 Å². The Morgan fingerprint density at radius 3 is 2.15 bits per heavy atom. The first-order chi connectivity index (χ1) is 9.40. The standard InChI is InChI=1S/C12H2Br2Cl4O2/c13-3-1-5(16)8(17)12-10(3)20-11-6(19-12)2-4(15)7(14)9(11)18/h1-2H. The van der Waals surface area contributed by atoms with E-state index in [1.165, 1.54) is 0 Å². The molecule has 1 aliphatic rings. The molecule has 0 amide bonds. The van der Waals surface area contributed by atoms with E-state index in [-0.39, 0.29) is 5.02 Å². The molecule has 104 valence electrons. The molecule has 0 spiro atoms. The van der Waals surface area contributed by atoms with Crippen molar-refractivity contribution >= 4 is 78.3 Å². The molecule has 1 heterocycles. The van der Waals surface area contributed by atoms with Crippen LogP contribution in [0.2, 0.25) is 20.1 Å². The Labute approximate surface area is 151 Å². The highest BCUT2D eigenvalue weighted by Crippen LogP contribution is 2.57. The highest BCUT2D eigenvalue weighted by molar-refractivity contribution is 9.11. The van der Waals surface area contributed by atoms with Gasteiger partial charge >= 0.3 is 0 Å². The van der Waals surface area contributed by atoms with Gasteiger partial charge in [-0.2, -0.15) is 0 Å². The van der Waals surface area contributed by atoms with Gasteiger partial charge in [-0.25, -0.2) is 0 Å². The van der Waals surface area contributed by atoms with Crippen LogP contribution in [0.1, 0.15) is 0 Å². The molecule has 0 radical (unpaired) electrons. The van der Waals surface area contributed by atoms with Crippen molar-refractivity contribution in [3.8, 4) is 23.0 Å². The molecule has 0 atom stereocenters. The van der Waals surface area contributed by atoms with Gasteiger partial charge in [0.2, 0.25) is 0 Å². The van der Waals surface area contributed by atoms with Gasteiger partial charge in [-0.1, -0.05) is 46.4 Å². The van der Waals surface area contributed by atoms with Gasteiger partial charge in [0.15, 0.2) is 23.0 Å². The average Bonchev–Trinajstić information content (AvgIpc) is 2.41. The summed E-state index contributed by atoms with van der Waals surface area (Å²) in [7, 11) is 0. The lowest BCUT2D eigenvalue weighted by molar-refractivity contribution is 0.358. The second-order valence-electron chi connectivity index (χ2n) is 3.83. The molecule has 0 fully saturated rings. The molecule has 0 aliphatic carbocycles. The third-order valence-corrected chi connectivity index (χ3v) is 5.88. The van der Waals surface area contributed by atoms with Crippen molar-refractivity contribution < 1.29 is 9.47 Å². The predicted molar refractivity (Wildman–Crippen MR) is 88.5 cm³/mol. The van der Waals surface area contributed by atoms with Crippen molar-refractivity contribution in [1.29, 1.82) is 0 Å². The van der Waals surface area contributed by atoms with Crippen molar-refractivity contribution in [3.63, 3.8) is 0 Å². The molecular weight excluding hydrogens is 478 g/mol. The highest BCUT2D eigenvalue weighted by Gasteiger charge is 2.29. The van der Waals surface area contributed by atoms with Gasteiger partial charge in [-0.15, -0.1) is 0 Å². The zero-order valence-corrected chi connectivity index (χ0v) is 15.4. The van der Waals surface area contributed by atoms with Crippen molar-refractivity contribution in [2.24, 2.45) is 0 Å². The molecule has 0 saturated heterocycles. The summed E-state index contributed by atoms with van der Waals surface area (Å²) in [6.45, 7) is 0. The minimum absolute atomic E-state index is 0.255. The predicted octanol–water partition coefficient (Wildman–Crippen LogP) is 7.72. The zero-order chi connectivity index (χ0) is 14.6. The third-order valence-electron chi connectivity index (χ3n) is 2.59. The second kappa shape index (κ2) is 5.41. The fraction of sp³-hybridized carbons (Fsp3) is 0. The molecule has 20 heavy (non-hydrogen) atoms. The lowest BCUT2D eigenvalue weighted by atomic mass is 10.2. The van der Waals surface area contributed by atoms with Crippen LogP contribution in [0.3, 0.4) is 0 Å². The maximum absolute atomic E-state index is 6.20. The van der Waals surface area contributed by atoms with Gasteiger partial charge in [-0.05, 0) is 37.9 Å². The van der Waals surface area contributed by atoms with E-state index >= 15 is 0 Å². The number of hydrogen-bond acceptors (Lipinski definition) is 2. The van der Waals surface area contributed by atoms with Crippen LogP contribution in [0, 0.1) is 0 Å². The highest BCUT2D eigenvalue weighted by atomic mass is 79.9. The van der Waals surface area contributed by atoms with Gasteiger partial charge in [-0.3, -0.25) is 0 Å². The van der Waals surface area contributed by atoms with Gasteiger partial charge < -0.3 is 9.47 Å². The first kappa shape index (κ1) is 15.1. The fourth-order valence-corrected chi connectivity index (χ4v) is 3.45. The van der Waals surface area contributed by atoms with Crippen LogP contribution >= 0.6 is 78.3 Å². The summed E-state index contributed by atoms with van der Waals surface area (Å²) in [5, 5.41) is 1.32. The quantitative estimate of drug-likeness (QED) is 0.243. The molecule has 2 aromatic carbocycles. The monoisotopic (exact) mass is 476 g/mol. The minimum atomic E-state index is 0.255. The molecule has 3 rings (SSSR count). The summed E-state index contributed by atoms with van der Waals surface area (Å²) in [5.74, 6) is 1.44. The normalized spacial score (nSPS) is 12.3. The molecule has 0 bridgehead atoms. The number of benzene rings is 2. The SMILES string of the molecule is Clc1cc(Br)c2c(c1Cl)Oc1cc(Cl)c(Br)c(Cl)c1O2. The Morgan fingerprint density at radius 2 is 1.45 bits per heavy atom. The van der Waals surface area contributed by atoms with Crippen molar-refractivity contribution in [2.45, 2.75) is 0 Å². The first-order valence-corrected chi connectivity index (χ1v) is 8.20. The molecular formula is C12H2Br2Cl4O2. The summed E-state index contributed by atoms with van der Waals surface area (Å²) in [6.07, 6.45) is 0. The summed E-state index contributed by atoms with van der Waals surface area (Å²) in [4.78, 5) is 0. The Kier molecular flexibility index (Phi) is 4.08. The summed E-state index contributed by atoms with van der Waals surface area (Å²) < 4.78 is 12.6. The lowest BCUT2D eigenvalue weighted by Crippen LogP contribution is -2.01. The van der Waals surface area contributed by atoms with E-state index in [0.29, 0.717) is 47.0 Å². The first-order valence-electron chi connectivity index (χ1n) is 5.11. The van der Waals surface area contributed by atoms with E-state index in [1.54, 1.807) is 12.1 Å². The summed E-state index contributed by atoms with van der Waals surface area (Å²) in [5.41, 5.74) is 0. The third kappa shape index (κ3) is 2.31. The Morgan fingerprint density at radius 1 is 0.750 bits per heavy atom. The van der Waals surface area contributed by atoms with Crippen LogP contribution in [0.15, 0.2) is 21.1 Å². The zero-order valence-electron chi connectivity index (χ0n) is 9.24. The van der Waals surface area contributed by atoms with Crippen LogP contribution in [-0.4, -0.2) is 0 Å². The number of rotatable bonds is 0. The topological polar surface area (TPSA) is 18.5 Å². The van der Waals surface area contributed by atoms with Gasteiger partial charge in [0.1, 0.15) is 10.0 Å². The smallest absolute Gasteiger partial charge is 0.191 e. The number of hydrogen-bond donors (Lipinski definition) is 0. The van der Waals surface area contributed by atoms with Crippen LogP contribution < -0.4 is 9.47 Å². The lowest BCUT2D eigenvalue weighted by Gasteiger charge is -2.24. The molecule has 8 heteroatoms. The van der Waals surface area contributed by atoms with Crippen molar-refractivity contribution in [3.05, 3.63) is 41.2 Å². The van der Waals surface area contributed by atoms with E-state index in [0.717, 1.165) is 0 Å². The Hall–Kier alpha value is 0.160. The molecule has 0 saturated carbocycles. The van der Waals surface area contributed by atoms with E-state index in [4.69, 9.17) is 55.9 Å². The van der Waals surface area contributed by atoms with E-state index in [9.17, 15) is 0 Å². The van der Waals surface area contributed by atoms with Crippen LogP contribution in [-0.2, 0) is 0 Å². The minimum Gasteiger partial charge on any atom is -0.448 e. The van der Waals surface area contributed by atoms with Gasteiger partial charge in [0.05, 0.1) is 19.0 Å². The van der Waals surface area contributed by atoms with Gasteiger partial charge in [0, 0.05) is 6.07 Å². The van der Waals surface area contributed by atoms with Crippen LogP contribution in [0.5, 0.6) is 23.0 Å². The molecule has 1 aliphatic heterocycles. The van der Waals surface area contributed by atoms with Crippen LogP contribution in [0.25, 0.3) is 0 Å². The van der Waals surface area contributed by atoms with E-state index in [1.807, 2.05) is 0 Å².